The molecule has 0 spiro atoms. The van der Waals surface area contributed by atoms with Crippen molar-refractivity contribution in [2.45, 2.75) is 12.8 Å². The molecule has 5 heteroatoms. The fourth-order valence-electron chi connectivity index (χ4n) is 3.46. The van der Waals surface area contributed by atoms with E-state index in [-0.39, 0.29) is 5.91 Å². The number of benzene rings is 1. The van der Waals surface area contributed by atoms with Gasteiger partial charge in [0, 0.05) is 25.0 Å². The largest absolute Gasteiger partial charge is 0.488 e. The van der Waals surface area contributed by atoms with Gasteiger partial charge in [-0.3, -0.25) is 4.79 Å². The highest BCUT2D eigenvalue weighted by Gasteiger charge is 2.26. The van der Waals surface area contributed by atoms with Crippen LogP contribution in [0.15, 0.2) is 43.1 Å². The predicted octanol–water partition coefficient (Wildman–Crippen LogP) is 3.49. The third-order valence-corrected chi connectivity index (χ3v) is 4.75. The number of para-hydroxylation sites is 1. The summed E-state index contributed by atoms with van der Waals surface area (Å²) in [6.45, 7) is 6.82. The Hall–Kier alpha value is -2.82. The second-order valence-corrected chi connectivity index (χ2v) is 6.31. The molecule has 1 aromatic heterocycles. The smallest absolute Gasteiger partial charge is 0.255 e. The molecule has 3 heterocycles. The van der Waals surface area contributed by atoms with Gasteiger partial charge in [-0.1, -0.05) is 30.9 Å². The molecule has 0 N–H and O–H groups in total. The minimum Gasteiger partial charge on any atom is -0.488 e. The Morgan fingerprint density at radius 2 is 2.00 bits per heavy atom. The van der Waals surface area contributed by atoms with Crippen LogP contribution in [-0.4, -0.2) is 42.0 Å². The van der Waals surface area contributed by atoms with Gasteiger partial charge in [-0.05, 0) is 30.5 Å². The van der Waals surface area contributed by atoms with Crippen molar-refractivity contribution in [3.8, 4) is 5.75 Å². The lowest BCUT2D eigenvalue weighted by Gasteiger charge is -2.31. The lowest BCUT2D eigenvalue weighted by molar-refractivity contribution is 0.0792. The fourth-order valence-corrected chi connectivity index (χ4v) is 3.46. The highest BCUT2D eigenvalue weighted by molar-refractivity contribution is 5.95. The van der Waals surface area contributed by atoms with Crippen molar-refractivity contribution in [2.75, 3.05) is 31.1 Å². The Balaban J connectivity index is 1.68. The van der Waals surface area contributed by atoms with Gasteiger partial charge in [0.05, 0.1) is 12.1 Å². The number of anilines is 2. The molecule has 2 aromatic rings. The molecule has 0 unspecified atom stereocenters. The molecule has 1 amide bonds. The summed E-state index contributed by atoms with van der Waals surface area (Å²) in [7, 11) is 0. The van der Waals surface area contributed by atoms with Crippen molar-refractivity contribution < 1.29 is 9.53 Å². The first kappa shape index (κ1) is 15.7. The zero-order chi connectivity index (χ0) is 17.2. The van der Waals surface area contributed by atoms with Crippen molar-refractivity contribution >= 4 is 23.5 Å². The molecule has 4 rings (SSSR count). The second-order valence-electron chi connectivity index (χ2n) is 6.31. The minimum atomic E-state index is 0.0417. The Kier molecular flexibility index (Phi) is 4.14. The van der Waals surface area contributed by atoms with E-state index in [4.69, 9.17) is 4.74 Å². The quantitative estimate of drug-likeness (QED) is 0.861. The van der Waals surface area contributed by atoms with Crippen molar-refractivity contribution in [2.24, 2.45) is 0 Å². The Morgan fingerprint density at radius 3 is 2.80 bits per heavy atom. The molecular formula is C20H21N3O2. The van der Waals surface area contributed by atoms with Gasteiger partial charge in [0.1, 0.15) is 6.61 Å². The number of hydrogen-bond acceptors (Lipinski definition) is 4. The summed E-state index contributed by atoms with van der Waals surface area (Å²) in [4.78, 5) is 21.2. The van der Waals surface area contributed by atoms with Gasteiger partial charge in [-0.15, -0.1) is 0 Å². The second kappa shape index (κ2) is 6.59. The molecule has 0 atom stereocenters. The van der Waals surface area contributed by atoms with Crippen LogP contribution in [0.2, 0.25) is 0 Å². The average molecular weight is 335 g/mol. The van der Waals surface area contributed by atoms with E-state index in [1.807, 2.05) is 35.2 Å². The number of carbonyl (C=O) groups is 1. The number of fused-ring (bicyclic) bond motifs is 1. The summed E-state index contributed by atoms with van der Waals surface area (Å²) < 4.78 is 5.80. The third kappa shape index (κ3) is 2.86. The number of rotatable bonds is 3. The first-order valence-corrected chi connectivity index (χ1v) is 8.69. The maximum atomic E-state index is 12.6. The molecule has 1 saturated heterocycles. The summed E-state index contributed by atoms with van der Waals surface area (Å²) in [6, 6.07) is 9.90. The Labute approximate surface area is 147 Å². The van der Waals surface area contributed by atoms with Crippen molar-refractivity contribution in [3.05, 3.63) is 54.2 Å². The fraction of sp³-hybridized carbons (Fsp3) is 0.300. The zero-order valence-electron chi connectivity index (χ0n) is 14.1. The molecular weight excluding hydrogens is 314 g/mol. The van der Waals surface area contributed by atoms with Crippen LogP contribution in [0.4, 0.5) is 11.5 Å². The normalized spacial score (nSPS) is 16.3. The van der Waals surface area contributed by atoms with Crippen LogP contribution in [0.3, 0.4) is 0 Å². The number of likely N-dealkylation sites (tertiary alicyclic amines) is 1. The van der Waals surface area contributed by atoms with Crippen molar-refractivity contribution in [1.82, 2.24) is 9.88 Å². The Bertz CT molecular complexity index is 812. The summed E-state index contributed by atoms with van der Waals surface area (Å²) >= 11 is 0. The third-order valence-electron chi connectivity index (χ3n) is 4.75. The van der Waals surface area contributed by atoms with E-state index in [1.165, 1.54) is 0 Å². The summed E-state index contributed by atoms with van der Waals surface area (Å²) in [5, 5.41) is 0. The van der Waals surface area contributed by atoms with Crippen LogP contribution in [0.5, 0.6) is 5.75 Å². The van der Waals surface area contributed by atoms with Gasteiger partial charge in [0.2, 0.25) is 0 Å². The topological polar surface area (TPSA) is 45.7 Å². The number of carbonyl (C=O) groups excluding carboxylic acids is 1. The molecule has 0 bridgehead atoms. The van der Waals surface area contributed by atoms with E-state index in [1.54, 1.807) is 6.20 Å². The first-order chi connectivity index (χ1) is 12.3. The first-order valence-electron chi connectivity index (χ1n) is 8.69. The highest BCUT2D eigenvalue weighted by Crippen LogP contribution is 2.37. The van der Waals surface area contributed by atoms with Crippen LogP contribution >= 0.6 is 0 Å². The van der Waals surface area contributed by atoms with E-state index < -0.39 is 0 Å². The molecule has 1 aromatic carbocycles. The van der Waals surface area contributed by atoms with E-state index >= 15 is 0 Å². The SMILES string of the molecule is C=Cc1ccccc1N1CCOc2cc(C(=O)N3CCCC3)cnc21. The van der Waals surface area contributed by atoms with E-state index in [0.29, 0.717) is 24.5 Å². The monoisotopic (exact) mass is 335 g/mol. The lowest BCUT2D eigenvalue weighted by Crippen LogP contribution is -2.31. The number of hydrogen-bond donors (Lipinski definition) is 0. The zero-order valence-corrected chi connectivity index (χ0v) is 14.1. The maximum absolute atomic E-state index is 12.6. The van der Waals surface area contributed by atoms with Gasteiger partial charge in [0.15, 0.2) is 11.6 Å². The van der Waals surface area contributed by atoms with E-state index in [0.717, 1.165) is 43.0 Å². The van der Waals surface area contributed by atoms with Crippen LogP contribution in [0.1, 0.15) is 28.8 Å². The molecule has 2 aliphatic rings. The van der Waals surface area contributed by atoms with Gasteiger partial charge in [0.25, 0.3) is 5.91 Å². The molecule has 5 nitrogen and oxygen atoms in total. The molecule has 0 aliphatic carbocycles. The van der Waals surface area contributed by atoms with Gasteiger partial charge < -0.3 is 14.5 Å². The van der Waals surface area contributed by atoms with E-state index in [2.05, 4.69) is 22.5 Å². The highest BCUT2D eigenvalue weighted by atomic mass is 16.5. The van der Waals surface area contributed by atoms with Gasteiger partial charge in [-0.25, -0.2) is 4.98 Å². The summed E-state index contributed by atoms with van der Waals surface area (Å²) in [6.07, 6.45) is 5.66. The number of amides is 1. The molecule has 2 aliphatic heterocycles. The van der Waals surface area contributed by atoms with Gasteiger partial charge >= 0.3 is 0 Å². The molecule has 25 heavy (non-hydrogen) atoms. The minimum absolute atomic E-state index is 0.0417. The maximum Gasteiger partial charge on any atom is 0.255 e. The van der Waals surface area contributed by atoms with Crippen LogP contribution in [-0.2, 0) is 0 Å². The number of nitrogens with zero attached hydrogens (tertiary/aromatic N) is 3. The lowest BCUT2D eigenvalue weighted by atomic mass is 10.1. The molecule has 0 saturated carbocycles. The number of ether oxygens (including phenoxy) is 1. The van der Waals surface area contributed by atoms with Crippen molar-refractivity contribution in [1.29, 1.82) is 0 Å². The summed E-state index contributed by atoms with van der Waals surface area (Å²) in [5.74, 6) is 1.45. The predicted molar refractivity (Wildman–Crippen MR) is 98.4 cm³/mol. The molecule has 1 fully saturated rings. The van der Waals surface area contributed by atoms with Crippen LogP contribution < -0.4 is 9.64 Å². The standard InChI is InChI=1S/C20H21N3O2/c1-2-15-7-3-4-8-17(15)23-11-12-25-18-13-16(14-21-19(18)23)20(24)22-9-5-6-10-22/h2-4,7-8,13-14H,1,5-6,9-12H2. The molecule has 0 radical (unpaired) electrons. The van der Waals surface area contributed by atoms with Crippen LogP contribution in [0, 0.1) is 0 Å². The van der Waals surface area contributed by atoms with Crippen molar-refractivity contribution in [3.63, 3.8) is 0 Å². The van der Waals surface area contributed by atoms with E-state index in [9.17, 15) is 4.79 Å². The number of pyridine rings is 1. The van der Waals surface area contributed by atoms with Crippen LogP contribution in [0.25, 0.3) is 6.08 Å². The molecule has 128 valence electrons. The Morgan fingerprint density at radius 1 is 1.20 bits per heavy atom. The van der Waals surface area contributed by atoms with Gasteiger partial charge in [-0.2, -0.15) is 0 Å². The average Bonchev–Trinajstić information content (AvgIpc) is 3.21. The number of aromatic nitrogens is 1. The summed E-state index contributed by atoms with van der Waals surface area (Å²) in [5.41, 5.74) is 2.70.